The number of nitrogens with zero attached hydrogens (tertiary/aromatic N) is 5. The fourth-order valence-electron chi connectivity index (χ4n) is 4.90. The van der Waals surface area contributed by atoms with Crippen molar-refractivity contribution in [2.75, 3.05) is 55.9 Å². The molecule has 0 unspecified atom stereocenters. The van der Waals surface area contributed by atoms with Crippen LogP contribution in [-0.2, 0) is 4.74 Å². The molecule has 3 amide bonds. The summed E-state index contributed by atoms with van der Waals surface area (Å²) in [5.74, 6) is 2.08. The Morgan fingerprint density at radius 3 is 2.16 bits per heavy atom. The van der Waals surface area contributed by atoms with Crippen molar-refractivity contribution in [3.8, 4) is 22.7 Å². The number of ether oxygens (including phenoxy) is 1. The molecule has 3 aromatic carbocycles. The number of urea groups is 1. The number of fused-ring (bicyclic) bond motifs is 1. The maximum Gasteiger partial charge on any atom is 0.346 e. The number of carbonyl (C=O) groups excluding carboxylic acids is 2. The van der Waals surface area contributed by atoms with Gasteiger partial charge in [0, 0.05) is 60.6 Å². The first-order valence-corrected chi connectivity index (χ1v) is 14.0. The summed E-state index contributed by atoms with van der Waals surface area (Å²) in [6.45, 7) is 9.87. The summed E-state index contributed by atoms with van der Waals surface area (Å²) in [5, 5.41) is 6.52. The van der Waals surface area contributed by atoms with Gasteiger partial charge in [-0.15, -0.1) is 0 Å². The summed E-state index contributed by atoms with van der Waals surface area (Å²) in [7, 11) is 3.38. The number of morpholine rings is 1. The highest BCUT2D eigenvalue weighted by Crippen LogP contribution is 2.33. The highest BCUT2D eigenvalue weighted by molar-refractivity contribution is 6.00. The van der Waals surface area contributed by atoms with E-state index in [1.54, 1.807) is 62.6 Å². The third-order valence-electron chi connectivity index (χ3n) is 7.17. The Balaban J connectivity index is 1.24. The van der Waals surface area contributed by atoms with E-state index < -0.39 is 6.03 Å². The van der Waals surface area contributed by atoms with Crippen LogP contribution in [0.5, 0.6) is 0 Å². The Bertz CT molecular complexity index is 1870. The van der Waals surface area contributed by atoms with Crippen molar-refractivity contribution in [1.82, 2.24) is 14.9 Å². The van der Waals surface area contributed by atoms with E-state index in [2.05, 4.69) is 20.4 Å². The Morgan fingerprint density at radius 1 is 0.864 bits per heavy atom. The first kappa shape index (κ1) is 28.4. The maximum atomic E-state index is 12.6. The summed E-state index contributed by atoms with van der Waals surface area (Å²) >= 11 is 0. The quantitative estimate of drug-likeness (QED) is 0.224. The van der Waals surface area contributed by atoms with Crippen LogP contribution >= 0.6 is 0 Å². The number of benzene rings is 3. The topological polar surface area (TPSA) is 117 Å². The van der Waals surface area contributed by atoms with Crippen molar-refractivity contribution in [3.05, 3.63) is 95.8 Å². The van der Waals surface area contributed by atoms with Gasteiger partial charge < -0.3 is 29.6 Å². The zero-order valence-electron chi connectivity index (χ0n) is 24.2. The molecule has 5 aromatic rings. The van der Waals surface area contributed by atoms with Gasteiger partial charge in [0.15, 0.2) is 5.82 Å². The van der Waals surface area contributed by atoms with Crippen molar-refractivity contribution in [2.45, 2.75) is 0 Å². The van der Waals surface area contributed by atoms with Crippen molar-refractivity contribution in [1.29, 1.82) is 0 Å². The van der Waals surface area contributed by atoms with Gasteiger partial charge in [-0.05, 0) is 72.8 Å². The summed E-state index contributed by atoms with van der Waals surface area (Å²) in [5.41, 5.74) is 4.04. The van der Waals surface area contributed by atoms with Crippen molar-refractivity contribution >= 4 is 45.9 Å². The van der Waals surface area contributed by atoms with Crippen LogP contribution in [0.15, 0.2) is 83.3 Å². The van der Waals surface area contributed by atoms with Crippen molar-refractivity contribution in [2.24, 2.45) is 0 Å². The molecule has 11 heteroatoms. The fraction of sp³-hybridized carbons (Fsp3) is 0.182. The standard InChI is InChI=1S/C33H29N7O4/c1-34-29-15-14-28(44-29)23-8-13-26-27(20-23)37-30(38-31(26)40-16-18-43-19-17-40)21-4-9-24(10-5-21)35-33(42)36-25-11-6-22(7-12-25)32(41)39(2)3/h4-15,20H,16-19H2,2-3H3,(H2,35,36,42). The molecule has 0 saturated carbocycles. The van der Waals surface area contributed by atoms with E-state index in [9.17, 15) is 9.59 Å². The minimum absolute atomic E-state index is 0.110. The Kier molecular flexibility index (Phi) is 7.90. The molecule has 0 aliphatic carbocycles. The minimum atomic E-state index is -0.409. The molecule has 0 radical (unpaired) electrons. The lowest BCUT2D eigenvalue weighted by atomic mass is 10.1. The van der Waals surface area contributed by atoms with Crippen LogP contribution in [-0.4, -0.2) is 67.2 Å². The summed E-state index contributed by atoms with van der Waals surface area (Å²) < 4.78 is 11.2. The van der Waals surface area contributed by atoms with Gasteiger partial charge in [-0.1, -0.05) is 6.07 Å². The number of carbonyl (C=O) groups is 2. The van der Waals surface area contributed by atoms with Crippen LogP contribution in [0.2, 0.25) is 0 Å². The molecule has 44 heavy (non-hydrogen) atoms. The molecule has 0 spiro atoms. The third-order valence-corrected chi connectivity index (χ3v) is 7.17. The molecule has 2 aromatic heterocycles. The van der Waals surface area contributed by atoms with Crippen LogP contribution in [0.25, 0.3) is 38.5 Å². The van der Waals surface area contributed by atoms with E-state index in [0.29, 0.717) is 54.8 Å². The molecule has 1 saturated heterocycles. The smallest absolute Gasteiger partial charge is 0.346 e. The molecular formula is C33H29N7O4. The lowest BCUT2D eigenvalue weighted by Gasteiger charge is -2.29. The minimum Gasteiger partial charge on any atom is -0.480 e. The van der Waals surface area contributed by atoms with Gasteiger partial charge in [0.25, 0.3) is 5.91 Å². The molecule has 1 fully saturated rings. The van der Waals surface area contributed by atoms with Gasteiger partial charge in [-0.25, -0.2) is 14.8 Å². The fourth-order valence-corrected chi connectivity index (χ4v) is 4.90. The van der Waals surface area contributed by atoms with E-state index in [4.69, 9.17) is 25.7 Å². The third kappa shape index (κ3) is 6.06. The molecule has 220 valence electrons. The molecule has 0 atom stereocenters. The molecule has 0 bridgehead atoms. The van der Waals surface area contributed by atoms with E-state index in [1.165, 1.54) is 4.90 Å². The second-order valence-electron chi connectivity index (χ2n) is 10.4. The van der Waals surface area contributed by atoms with Gasteiger partial charge >= 0.3 is 11.9 Å². The van der Waals surface area contributed by atoms with Crippen LogP contribution in [0.4, 0.5) is 27.9 Å². The Hall–Kier alpha value is -5.73. The molecule has 6 rings (SSSR count). The van der Waals surface area contributed by atoms with Gasteiger partial charge in [0.05, 0.1) is 25.3 Å². The first-order chi connectivity index (χ1) is 21.4. The summed E-state index contributed by atoms with van der Waals surface area (Å²) in [6.07, 6.45) is 0. The molecule has 1 aliphatic rings. The molecule has 3 heterocycles. The van der Waals surface area contributed by atoms with Gasteiger partial charge in [0.1, 0.15) is 11.6 Å². The van der Waals surface area contributed by atoms with Gasteiger partial charge in [0.2, 0.25) is 0 Å². The van der Waals surface area contributed by atoms with E-state index >= 15 is 0 Å². The number of anilines is 3. The normalized spacial score (nSPS) is 12.9. The molecular weight excluding hydrogens is 558 g/mol. The maximum absolute atomic E-state index is 12.6. The number of furan rings is 1. The van der Waals surface area contributed by atoms with E-state index in [-0.39, 0.29) is 11.8 Å². The monoisotopic (exact) mass is 587 g/mol. The molecule has 11 nitrogen and oxygen atoms in total. The van der Waals surface area contributed by atoms with Gasteiger partial charge in [-0.2, -0.15) is 4.85 Å². The number of rotatable bonds is 6. The van der Waals surface area contributed by atoms with E-state index in [0.717, 1.165) is 27.8 Å². The van der Waals surface area contributed by atoms with Gasteiger partial charge in [-0.3, -0.25) is 4.79 Å². The van der Waals surface area contributed by atoms with Crippen LogP contribution in [0.3, 0.4) is 0 Å². The van der Waals surface area contributed by atoms with Crippen LogP contribution < -0.4 is 15.5 Å². The van der Waals surface area contributed by atoms with Crippen molar-refractivity contribution < 1.29 is 18.7 Å². The number of hydrogen-bond acceptors (Lipinski definition) is 7. The van der Waals surface area contributed by atoms with E-state index in [1.807, 2.05) is 30.3 Å². The molecule has 2 N–H and O–H groups in total. The number of aromatic nitrogens is 2. The summed E-state index contributed by atoms with van der Waals surface area (Å²) in [6, 6.07) is 22.9. The average Bonchev–Trinajstić information content (AvgIpc) is 3.54. The Morgan fingerprint density at radius 2 is 1.52 bits per heavy atom. The van der Waals surface area contributed by atoms with Crippen LogP contribution in [0, 0.1) is 6.57 Å². The number of hydrogen-bond donors (Lipinski definition) is 2. The Labute approximate surface area is 253 Å². The molecule has 1 aliphatic heterocycles. The van der Waals surface area contributed by atoms with Crippen molar-refractivity contribution in [3.63, 3.8) is 0 Å². The first-order valence-electron chi connectivity index (χ1n) is 14.0. The lowest BCUT2D eigenvalue weighted by Crippen LogP contribution is -2.37. The van der Waals surface area contributed by atoms with Crippen LogP contribution in [0.1, 0.15) is 10.4 Å². The number of amides is 3. The largest absolute Gasteiger partial charge is 0.480 e. The summed E-state index contributed by atoms with van der Waals surface area (Å²) in [4.78, 5) is 41.6. The average molecular weight is 588 g/mol. The second-order valence-corrected chi connectivity index (χ2v) is 10.4. The number of nitrogens with one attached hydrogen (secondary N) is 2. The predicted octanol–water partition coefficient (Wildman–Crippen LogP) is 6.29. The highest BCUT2D eigenvalue weighted by Gasteiger charge is 2.19. The lowest BCUT2D eigenvalue weighted by molar-refractivity contribution is 0.0827. The highest BCUT2D eigenvalue weighted by atomic mass is 16.5. The predicted molar refractivity (Wildman–Crippen MR) is 169 cm³/mol. The zero-order valence-corrected chi connectivity index (χ0v) is 24.2. The second kappa shape index (κ2) is 12.2. The SMILES string of the molecule is [C-]#[N+]c1ccc(-c2ccc3c(N4CCOCC4)nc(-c4ccc(NC(=O)Nc5ccc(C(=O)N(C)C)cc5)cc4)nc3c2)o1. The zero-order chi connectivity index (χ0) is 30.6.